The second-order valence-electron chi connectivity index (χ2n) is 4.43. The van der Waals surface area contributed by atoms with E-state index in [9.17, 15) is 4.79 Å². The van der Waals surface area contributed by atoms with Gasteiger partial charge in [-0.15, -0.1) is 10.2 Å². The van der Waals surface area contributed by atoms with E-state index in [1.165, 1.54) is 11.8 Å². The predicted molar refractivity (Wildman–Crippen MR) is 75.6 cm³/mol. The Bertz CT molecular complexity index is 619. The van der Waals surface area contributed by atoms with E-state index in [0.29, 0.717) is 5.16 Å². The van der Waals surface area contributed by atoms with Gasteiger partial charge in [0.15, 0.2) is 11.0 Å². The minimum atomic E-state index is -0.862. The molecule has 0 aliphatic heterocycles. The van der Waals surface area contributed by atoms with Gasteiger partial charge < -0.3 is 9.67 Å². The van der Waals surface area contributed by atoms with Crippen LogP contribution in [0.1, 0.15) is 19.0 Å². The molecule has 1 N–H and O–H groups in total. The zero-order chi connectivity index (χ0) is 14.7. The van der Waals surface area contributed by atoms with Crippen molar-refractivity contribution in [2.45, 2.75) is 32.0 Å². The highest BCUT2D eigenvalue weighted by atomic mass is 32.2. The molecule has 0 saturated heterocycles. The number of hydrogen-bond acceptors (Lipinski definition) is 5. The molecule has 7 nitrogen and oxygen atoms in total. The summed E-state index contributed by atoms with van der Waals surface area (Å²) >= 11 is 1.18. The van der Waals surface area contributed by atoms with Crippen LogP contribution in [0.4, 0.5) is 0 Å². The highest BCUT2D eigenvalue weighted by Crippen LogP contribution is 2.24. The highest BCUT2D eigenvalue weighted by molar-refractivity contribution is 7.99. The normalized spacial score (nSPS) is 10.9. The number of aromatic nitrogens is 5. The van der Waals surface area contributed by atoms with E-state index in [2.05, 4.69) is 22.2 Å². The first-order chi connectivity index (χ1) is 9.52. The Hall–Kier alpha value is -1.83. The standard InChI is InChI=1S/C12H17N5O2S/c1-4-5-17-11(9-6-8(2)15-16(9)3)13-14-12(17)20-7-10(18)19/h6H,4-5,7H2,1-3H3,(H,18,19). The van der Waals surface area contributed by atoms with E-state index < -0.39 is 5.97 Å². The molecule has 0 unspecified atom stereocenters. The lowest BCUT2D eigenvalue weighted by molar-refractivity contribution is -0.133. The number of aryl methyl sites for hydroxylation is 2. The summed E-state index contributed by atoms with van der Waals surface area (Å²) in [6.07, 6.45) is 0.919. The highest BCUT2D eigenvalue weighted by Gasteiger charge is 2.17. The number of nitrogens with zero attached hydrogens (tertiary/aromatic N) is 5. The maximum atomic E-state index is 10.7. The Morgan fingerprint density at radius 1 is 1.45 bits per heavy atom. The summed E-state index contributed by atoms with van der Waals surface area (Å²) in [5.41, 5.74) is 1.79. The number of hydrogen-bond donors (Lipinski definition) is 1. The molecular weight excluding hydrogens is 278 g/mol. The van der Waals surface area contributed by atoms with Crippen molar-refractivity contribution in [2.24, 2.45) is 7.05 Å². The van der Waals surface area contributed by atoms with Gasteiger partial charge in [0.2, 0.25) is 0 Å². The third-order valence-corrected chi connectivity index (χ3v) is 3.67. The second-order valence-corrected chi connectivity index (χ2v) is 5.38. The Labute approximate surface area is 121 Å². The van der Waals surface area contributed by atoms with Crippen LogP contribution in [0.15, 0.2) is 11.2 Å². The van der Waals surface area contributed by atoms with E-state index >= 15 is 0 Å². The van der Waals surface area contributed by atoms with Gasteiger partial charge in [-0.1, -0.05) is 18.7 Å². The number of rotatable bonds is 6. The lowest BCUT2D eigenvalue weighted by Gasteiger charge is -2.08. The molecule has 0 aliphatic carbocycles. The smallest absolute Gasteiger partial charge is 0.313 e. The minimum Gasteiger partial charge on any atom is -0.481 e. The SMILES string of the molecule is CCCn1c(SCC(=O)O)nnc1-c1cc(C)nn1C. The van der Waals surface area contributed by atoms with Crippen molar-refractivity contribution in [1.82, 2.24) is 24.5 Å². The van der Waals surface area contributed by atoms with Crippen LogP contribution in [0.5, 0.6) is 0 Å². The van der Waals surface area contributed by atoms with Gasteiger partial charge in [-0.05, 0) is 19.4 Å². The number of carbonyl (C=O) groups is 1. The van der Waals surface area contributed by atoms with Crippen LogP contribution in [-0.4, -0.2) is 41.4 Å². The molecule has 0 atom stereocenters. The maximum Gasteiger partial charge on any atom is 0.313 e. The molecular formula is C12H17N5O2S. The fourth-order valence-corrected chi connectivity index (χ4v) is 2.64. The van der Waals surface area contributed by atoms with Crippen LogP contribution in [0, 0.1) is 6.92 Å². The summed E-state index contributed by atoms with van der Waals surface area (Å²) in [5, 5.41) is 22.0. The molecule has 0 aromatic carbocycles. The van der Waals surface area contributed by atoms with E-state index in [1.54, 1.807) is 4.68 Å². The van der Waals surface area contributed by atoms with E-state index in [-0.39, 0.29) is 5.75 Å². The molecule has 0 aliphatic rings. The monoisotopic (exact) mass is 295 g/mol. The molecule has 0 fully saturated rings. The van der Waals surface area contributed by atoms with Crippen LogP contribution < -0.4 is 0 Å². The zero-order valence-electron chi connectivity index (χ0n) is 11.7. The minimum absolute atomic E-state index is 0.0216. The molecule has 0 bridgehead atoms. The summed E-state index contributed by atoms with van der Waals surface area (Å²) < 4.78 is 3.71. The van der Waals surface area contributed by atoms with Crippen LogP contribution in [0.25, 0.3) is 11.5 Å². The van der Waals surface area contributed by atoms with E-state index in [1.807, 2.05) is 24.6 Å². The van der Waals surface area contributed by atoms with Gasteiger partial charge in [0, 0.05) is 13.6 Å². The van der Waals surface area contributed by atoms with Crippen molar-refractivity contribution in [1.29, 1.82) is 0 Å². The molecule has 2 heterocycles. The molecule has 0 radical (unpaired) electrons. The van der Waals surface area contributed by atoms with Crippen LogP contribution in [0.3, 0.4) is 0 Å². The third-order valence-electron chi connectivity index (χ3n) is 2.72. The number of carboxylic acids is 1. The summed E-state index contributed by atoms with van der Waals surface area (Å²) in [7, 11) is 1.86. The Morgan fingerprint density at radius 3 is 2.75 bits per heavy atom. The second kappa shape index (κ2) is 6.08. The van der Waals surface area contributed by atoms with Crippen molar-refractivity contribution >= 4 is 17.7 Å². The lowest BCUT2D eigenvalue weighted by Crippen LogP contribution is -2.06. The first kappa shape index (κ1) is 14.6. The molecule has 2 aromatic heterocycles. The summed E-state index contributed by atoms with van der Waals surface area (Å²) in [5.74, 6) is -0.159. The molecule has 0 spiro atoms. The Balaban J connectivity index is 2.38. The van der Waals surface area contributed by atoms with E-state index in [4.69, 9.17) is 5.11 Å². The van der Waals surface area contributed by atoms with Crippen LogP contribution >= 0.6 is 11.8 Å². The van der Waals surface area contributed by atoms with Gasteiger partial charge in [0.05, 0.1) is 11.4 Å². The predicted octanol–water partition coefficient (Wildman–Crippen LogP) is 1.57. The van der Waals surface area contributed by atoms with Gasteiger partial charge in [0.25, 0.3) is 0 Å². The summed E-state index contributed by atoms with van der Waals surface area (Å²) in [6.45, 7) is 4.72. The lowest BCUT2D eigenvalue weighted by atomic mass is 10.3. The molecule has 0 saturated carbocycles. The van der Waals surface area contributed by atoms with Crippen molar-refractivity contribution < 1.29 is 9.90 Å². The fourth-order valence-electron chi connectivity index (χ4n) is 1.96. The Kier molecular flexibility index (Phi) is 4.43. The van der Waals surface area contributed by atoms with E-state index in [0.717, 1.165) is 30.2 Å². The van der Waals surface area contributed by atoms with Crippen LogP contribution in [-0.2, 0) is 18.4 Å². The Morgan fingerprint density at radius 2 is 2.20 bits per heavy atom. The van der Waals surface area contributed by atoms with Crippen molar-refractivity contribution in [3.05, 3.63) is 11.8 Å². The van der Waals surface area contributed by atoms with Crippen molar-refractivity contribution in [3.63, 3.8) is 0 Å². The van der Waals surface area contributed by atoms with Gasteiger partial charge in [0.1, 0.15) is 5.69 Å². The summed E-state index contributed by atoms with van der Waals surface area (Å²) in [4.78, 5) is 10.7. The fraction of sp³-hybridized carbons (Fsp3) is 0.500. The zero-order valence-corrected chi connectivity index (χ0v) is 12.5. The largest absolute Gasteiger partial charge is 0.481 e. The molecule has 20 heavy (non-hydrogen) atoms. The number of thioether (sulfide) groups is 1. The van der Waals surface area contributed by atoms with Gasteiger partial charge in [-0.25, -0.2) is 0 Å². The molecule has 2 rings (SSSR count). The van der Waals surface area contributed by atoms with Crippen molar-refractivity contribution in [2.75, 3.05) is 5.75 Å². The average Bonchev–Trinajstić information content (AvgIpc) is 2.91. The molecule has 2 aromatic rings. The first-order valence-electron chi connectivity index (χ1n) is 6.31. The molecule has 0 amide bonds. The first-order valence-corrected chi connectivity index (χ1v) is 7.30. The molecule has 108 valence electrons. The number of carboxylic acid groups (broad SMARTS) is 1. The van der Waals surface area contributed by atoms with Gasteiger partial charge in [-0.2, -0.15) is 5.10 Å². The quantitative estimate of drug-likeness (QED) is 0.814. The number of aliphatic carboxylic acids is 1. The average molecular weight is 295 g/mol. The topological polar surface area (TPSA) is 85.8 Å². The van der Waals surface area contributed by atoms with Crippen molar-refractivity contribution in [3.8, 4) is 11.5 Å². The van der Waals surface area contributed by atoms with Gasteiger partial charge >= 0.3 is 5.97 Å². The molecule has 8 heteroatoms. The van der Waals surface area contributed by atoms with Gasteiger partial charge in [-0.3, -0.25) is 9.48 Å². The van der Waals surface area contributed by atoms with Crippen LogP contribution in [0.2, 0.25) is 0 Å². The maximum absolute atomic E-state index is 10.7. The third kappa shape index (κ3) is 3.01. The summed E-state index contributed by atoms with van der Waals surface area (Å²) in [6, 6.07) is 1.95.